The van der Waals surface area contributed by atoms with Gasteiger partial charge in [0.2, 0.25) is 0 Å². The Morgan fingerprint density at radius 1 is 1.16 bits per heavy atom. The molecule has 0 bridgehead atoms. The molecule has 0 N–H and O–H groups in total. The van der Waals surface area contributed by atoms with Crippen LogP contribution in [0.15, 0.2) is 42.5 Å². The Morgan fingerprint density at radius 2 is 2.00 bits per heavy atom. The highest BCUT2D eigenvalue weighted by Crippen LogP contribution is 2.25. The molecule has 2 nitrogen and oxygen atoms in total. The Kier molecular flexibility index (Phi) is 3.07. The summed E-state index contributed by atoms with van der Waals surface area (Å²) in [4.78, 5) is 4.76. The van der Waals surface area contributed by atoms with E-state index >= 15 is 0 Å². The maximum Gasteiger partial charge on any atom is 0.140 e. The number of hydrogen-bond donors (Lipinski definition) is 1. The van der Waals surface area contributed by atoms with Crippen LogP contribution in [0, 0.1) is 6.92 Å². The van der Waals surface area contributed by atoms with Gasteiger partial charge in [-0.15, -0.1) is 0 Å². The molecule has 0 atom stereocenters. The first-order chi connectivity index (χ1) is 9.19. The summed E-state index contributed by atoms with van der Waals surface area (Å²) in [6.45, 7) is 2.10. The standard InChI is InChI=1S/C16H16N2S/c1-11-4-3-5-13(8-11)16-17-14-9-12(10-19)6-7-15(14)18(16)2/h3-9,19H,10H2,1-2H3. The first-order valence-electron chi connectivity index (χ1n) is 6.32. The van der Waals surface area contributed by atoms with Crippen LogP contribution in [0.1, 0.15) is 11.1 Å². The summed E-state index contributed by atoms with van der Waals surface area (Å²) in [6, 6.07) is 14.8. The van der Waals surface area contributed by atoms with Gasteiger partial charge in [-0.25, -0.2) is 4.98 Å². The largest absolute Gasteiger partial charge is 0.327 e. The molecule has 3 rings (SSSR count). The molecule has 0 aliphatic carbocycles. The monoisotopic (exact) mass is 268 g/mol. The maximum atomic E-state index is 4.76. The van der Waals surface area contributed by atoms with Crippen molar-refractivity contribution in [3.05, 3.63) is 53.6 Å². The molecule has 0 aliphatic rings. The number of aryl methyl sites for hydroxylation is 2. The zero-order valence-electron chi connectivity index (χ0n) is 11.1. The smallest absolute Gasteiger partial charge is 0.140 e. The van der Waals surface area contributed by atoms with Crippen molar-refractivity contribution in [3.63, 3.8) is 0 Å². The molecule has 0 saturated heterocycles. The van der Waals surface area contributed by atoms with E-state index < -0.39 is 0 Å². The second kappa shape index (κ2) is 4.74. The molecular formula is C16H16N2S. The quantitative estimate of drug-likeness (QED) is 0.696. The van der Waals surface area contributed by atoms with E-state index in [0.29, 0.717) is 0 Å². The number of nitrogens with zero attached hydrogens (tertiary/aromatic N) is 2. The fraction of sp³-hybridized carbons (Fsp3) is 0.188. The number of thiol groups is 1. The second-order valence-corrected chi connectivity index (χ2v) is 5.16. The topological polar surface area (TPSA) is 17.8 Å². The van der Waals surface area contributed by atoms with Gasteiger partial charge in [0, 0.05) is 18.4 Å². The Balaban J connectivity index is 2.22. The fourth-order valence-electron chi connectivity index (χ4n) is 2.39. The average molecular weight is 268 g/mol. The molecule has 0 amide bonds. The normalized spacial score (nSPS) is 11.1. The highest BCUT2D eigenvalue weighted by molar-refractivity contribution is 7.79. The zero-order chi connectivity index (χ0) is 13.4. The van der Waals surface area contributed by atoms with Gasteiger partial charge in [-0.05, 0) is 30.7 Å². The summed E-state index contributed by atoms with van der Waals surface area (Å²) in [5.74, 6) is 1.75. The first-order valence-corrected chi connectivity index (χ1v) is 6.95. The lowest BCUT2D eigenvalue weighted by Crippen LogP contribution is -1.92. The van der Waals surface area contributed by atoms with Gasteiger partial charge in [0.15, 0.2) is 0 Å². The number of aromatic nitrogens is 2. The van der Waals surface area contributed by atoms with Crippen molar-refractivity contribution in [2.24, 2.45) is 7.05 Å². The lowest BCUT2D eigenvalue weighted by molar-refractivity contribution is 0.959. The Bertz CT molecular complexity index is 744. The van der Waals surface area contributed by atoms with E-state index in [1.807, 2.05) is 0 Å². The lowest BCUT2D eigenvalue weighted by Gasteiger charge is -2.03. The Hall–Kier alpha value is -1.74. The summed E-state index contributed by atoms with van der Waals surface area (Å²) >= 11 is 4.32. The van der Waals surface area contributed by atoms with Crippen LogP contribution >= 0.6 is 12.6 Å². The van der Waals surface area contributed by atoms with E-state index in [1.165, 1.54) is 11.1 Å². The zero-order valence-corrected chi connectivity index (χ0v) is 12.0. The molecule has 3 aromatic rings. The fourth-order valence-corrected chi connectivity index (χ4v) is 2.58. The summed E-state index contributed by atoms with van der Waals surface area (Å²) in [5, 5.41) is 0. The van der Waals surface area contributed by atoms with Crippen molar-refractivity contribution >= 4 is 23.7 Å². The Morgan fingerprint density at radius 3 is 2.74 bits per heavy atom. The SMILES string of the molecule is Cc1cccc(-c2nc3cc(CS)ccc3n2C)c1. The van der Waals surface area contributed by atoms with E-state index in [9.17, 15) is 0 Å². The van der Waals surface area contributed by atoms with Gasteiger partial charge in [-0.1, -0.05) is 29.8 Å². The Labute approximate surface area is 118 Å². The molecule has 0 fully saturated rings. The van der Waals surface area contributed by atoms with Crippen LogP contribution < -0.4 is 0 Å². The van der Waals surface area contributed by atoms with Gasteiger partial charge in [0.25, 0.3) is 0 Å². The third-order valence-corrected chi connectivity index (χ3v) is 3.77. The number of benzene rings is 2. The molecule has 3 heteroatoms. The van der Waals surface area contributed by atoms with Gasteiger partial charge >= 0.3 is 0 Å². The van der Waals surface area contributed by atoms with Crippen molar-refractivity contribution in [1.29, 1.82) is 0 Å². The number of rotatable bonds is 2. The molecular weight excluding hydrogens is 252 g/mol. The van der Waals surface area contributed by atoms with Crippen molar-refractivity contribution < 1.29 is 0 Å². The summed E-state index contributed by atoms with van der Waals surface area (Å²) < 4.78 is 2.15. The van der Waals surface area contributed by atoms with E-state index in [-0.39, 0.29) is 0 Å². The van der Waals surface area contributed by atoms with Gasteiger partial charge in [0.05, 0.1) is 11.0 Å². The summed E-state index contributed by atoms with van der Waals surface area (Å²) in [5.41, 5.74) is 5.80. The highest BCUT2D eigenvalue weighted by atomic mass is 32.1. The molecule has 0 spiro atoms. The molecule has 0 saturated carbocycles. The summed E-state index contributed by atoms with van der Waals surface area (Å²) in [6.07, 6.45) is 0. The molecule has 1 aromatic heterocycles. The highest BCUT2D eigenvalue weighted by Gasteiger charge is 2.10. The maximum absolute atomic E-state index is 4.76. The van der Waals surface area contributed by atoms with Crippen molar-refractivity contribution in [2.45, 2.75) is 12.7 Å². The third kappa shape index (κ3) is 2.15. The van der Waals surface area contributed by atoms with Gasteiger partial charge < -0.3 is 4.57 Å². The summed E-state index contributed by atoms with van der Waals surface area (Å²) in [7, 11) is 2.06. The minimum atomic E-state index is 0.742. The predicted octanol–water partition coefficient (Wildman–Crippen LogP) is 3.98. The minimum absolute atomic E-state index is 0.742. The van der Waals surface area contributed by atoms with Crippen molar-refractivity contribution in [3.8, 4) is 11.4 Å². The molecule has 96 valence electrons. The van der Waals surface area contributed by atoms with Crippen LogP contribution in [-0.2, 0) is 12.8 Å². The van der Waals surface area contributed by atoms with Crippen LogP contribution in [0.25, 0.3) is 22.4 Å². The van der Waals surface area contributed by atoms with Crippen LogP contribution in [0.3, 0.4) is 0 Å². The third-order valence-electron chi connectivity index (χ3n) is 3.40. The van der Waals surface area contributed by atoms with Crippen LogP contribution in [0.5, 0.6) is 0 Å². The number of hydrogen-bond acceptors (Lipinski definition) is 2. The molecule has 0 aliphatic heterocycles. The van der Waals surface area contributed by atoms with Gasteiger partial charge in [-0.3, -0.25) is 0 Å². The molecule has 2 aromatic carbocycles. The van der Waals surface area contributed by atoms with Gasteiger partial charge in [-0.2, -0.15) is 12.6 Å². The lowest BCUT2D eigenvalue weighted by atomic mass is 10.1. The minimum Gasteiger partial charge on any atom is -0.327 e. The van der Waals surface area contributed by atoms with Crippen LogP contribution in [-0.4, -0.2) is 9.55 Å². The predicted molar refractivity (Wildman–Crippen MR) is 83.6 cm³/mol. The van der Waals surface area contributed by atoms with Crippen LogP contribution in [0.4, 0.5) is 0 Å². The number of fused-ring (bicyclic) bond motifs is 1. The molecule has 0 unspecified atom stereocenters. The molecule has 19 heavy (non-hydrogen) atoms. The molecule has 1 heterocycles. The average Bonchev–Trinajstić information content (AvgIpc) is 2.75. The van der Waals surface area contributed by atoms with Crippen molar-refractivity contribution in [1.82, 2.24) is 9.55 Å². The van der Waals surface area contributed by atoms with Crippen LogP contribution in [0.2, 0.25) is 0 Å². The molecule has 0 radical (unpaired) electrons. The second-order valence-electron chi connectivity index (χ2n) is 4.85. The van der Waals surface area contributed by atoms with E-state index in [1.54, 1.807) is 0 Å². The first kappa shape index (κ1) is 12.3. The van der Waals surface area contributed by atoms with E-state index in [4.69, 9.17) is 4.98 Å². The van der Waals surface area contributed by atoms with Gasteiger partial charge in [0.1, 0.15) is 5.82 Å². The van der Waals surface area contributed by atoms with E-state index in [0.717, 1.165) is 28.2 Å². The van der Waals surface area contributed by atoms with E-state index in [2.05, 4.69) is 73.6 Å². The number of imidazole rings is 1. The van der Waals surface area contributed by atoms with Crippen molar-refractivity contribution in [2.75, 3.05) is 0 Å².